The zero-order chi connectivity index (χ0) is 14.4. The average molecular weight is 274 g/mol. The number of rotatable bonds is 7. The molecule has 0 radical (unpaired) electrons. The number of aromatic nitrogens is 2. The van der Waals surface area contributed by atoms with Crippen molar-refractivity contribution in [3.8, 4) is 0 Å². The lowest BCUT2D eigenvalue weighted by Crippen LogP contribution is -2.36. The lowest BCUT2D eigenvalue weighted by Gasteiger charge is -2.22. The van der Waals surface area contributed by atoms with Crippen molar-refractivity contribution in [1.82, 2.24) is 14.9 Å². The predicted molar refractivity (Wildman–Crippen MR) is 81.8 cm³/mol. The monoisotopic (exact) mass is 274 g/mol. The van der Waals surface area contributed by atoms with Crippen LogP contribution in [0.15, 0.2) is 30.6 Å². The van der Waals surface area contributed by atoms with Crippen LogP contribution in [0, 0.1) is 0 Å². The molecule has 0 aliphatic heterocycles. The summed E-state index contributed by atoms with van der Waals surface area (Å²) < 4.78 is 0. The van der Waals surface area contributed by atoms with Gasteiger partial charge in [-0.15, -0.1) is 0 Å². The Labute approximate surface area is 119 Å². The summed E-state index contributed by atoms with van der Waals surface area (Å²) in [5, 5.41) is 14.3. The van der Waals surface area contributed by atoms with Crippen molar-refractivity contribution in [2.45, 2.75) is 20.0 Å². The second kappa shape index (κ2) is 7.17. The first-order chi connectivity index (χ1) is 9.74. The van der Waals surface area contributed by atoms with Gasteiger partial charge in [-0.1, -0.05) is 26.0 Å². The van der Waals surface area contributed by atoms with Gasteiger partial charge in [0.2, 0.25) is 0 Å². The molecule has 0 fully saturated rings. The first kappa shape index (κ1) is 14.7. The maximum Gasteiger partial charge on any atom is 0.137 e. The third kappa shape index (κ3) is 3.65. The largest absolute Gasteiger partial charge is 0.390 e. The fourth-order valence-corrected chi connectivity index (χ4v) is 2.20. The molecule has 1 unspecified atom stereocenters. The number of nitrogens with one attached hydrogen (secondary N) is 1. The molecule has 5 nitrogen and oxygen atoms in total. The molecule has 1 aromatic heterocycles. The van der Waals surface area contributed by atoms with Crippen molar-refractivity contribution in [2.75, 3.05) is 31.5 Å². The van der Waals surface area contributed by atoms with Gasteiger partial charge >= 0.3 is 0 Å². The van der Waals surface area contributed by atoms with Gasteiger partial charge in [0.05, 0.1) is 11.6 Å². The maximum atomic E-state index is 10.1. The Kier molecular flexibility index (Phi) is 5.26. The molecule has 0 aliphatic rings. The topological polar surface area (TPSA) is 61.3 Å². The second-order valence-corrected chi connectivity index (χ2v) is 4.76. The van der Waals surface area contributed by atoms with Crippen LogP contribution in [0.3, 0.4) is 0 Å². The molecule has 20 heavy (non-hydrogen) atoms. The summed E-state index contributed by atoms with van der Waals surface area (Å²) in [4.78, 5) is 10.7. The molecule has 0 amide bonds. The van der Waals surface area contributed by atoms with E-state index in [0.717, 1.165) is 29.8 Å². The predicted octanol–water partition coefficient (Wildman–Crippen LogP) is 1.74. The van der Waals surface area contributed by atoms with Crippen LogP contribution in [0.25, 0.3) is 10.9 Å². The molecule has 2 N–H and O–H groups in total. The van der Waals surface area contributed by atoms with Crippen LogP contribution in [0.2, 0.25) is 0 Å². The summed E-state index contributed by atoms with van der Waals surface area (Å²) in [7, 11) is 0. The minimum absolute atomic E-state index is 0.413. The maximum absolute atomic E-state index is 10.1. The number of fused-ring (bicyclic) bond motifs is 1. The van der Waals surface area contributed by atoms with Gasteiger partial charge in [-0.25, -0.2) is 9.97 Å². The summed E-state index contributed by atoms with van der Waals surface area (Å²) >= 11 is 0. The van der Waals surface area contributed by atoms with E-state index in [0.29, 0.717) is 13.1 Å². The van der Waals surface area contributed by atoms with Crippen molar-refractivity contribution in [2.24, 2.45) is 0 Å². The van der Waals surface area contributed by atoms with Crippen molar-refractivity contribution >= 4 is 16.7 Å². The van der Waals surface area contributed by atoms with Gasteiger partial charge < -0.3 is 15.3 Å². The average Bonchev–Trinajstić information content (AvgIpc) is 2.50. The van der Waals surface area contributed by atoms with Crippen molar-refractivity contribution in [3.63, 3.8) is 0 Å². The molecule has 0 saturated heterocycles. The fraction of sp³-hybridized carbons (Fsp3) is 0.467. The van der Waals surface area contributed by atoms with Gasteiger partial charge in [-0.3, -0.25) is 0 Å². The van der Waals surface area contributed by atoms with Crippen LogP contribution in [0.5, 0.6) is 0 Å². The Morgan fingerprint density at radius 1 is 1.20 bits per heavy atom. The number of hydrogen-bond acceptors (Lipinski definition) is 5. The third-order valence-electron chi connectivity index (χ3n) is 3.41. The van der Waals surface area contributed by atoms with Gasteiger partial charge in [-0.2, -0.15) is 0 Å². The Bertz CT molecular complexity index is 537. The molecule has 5 heteroatoms. The standard InChI is InChI=1S/C15H22N4O/c1-3-19(4-2)10-12(20)9-16-15-13-7-5-6-8-14(13)17-11-18-15/h5-8,11-12,20H,3-4,9-10H2,1-2H3,(H,16,17,18). The molecular formula is C15H22N4O. The molecule has 0 saturated carbocycles. The molecule has 2 rings (SSSR count). The summed E-state index contributed by atoms with van der Waals surface area (Å²) in [5.74, 6) is 0.772. The molecule has 108 valence electrons. The van der Waals surface area contributed by atoms with E-state index in [1.807, 2.05) is 24.3 Å². The number of aliphatic hydroxyl groups excluding tert-OH is 1. The number of para-hydroxylation sites is 1. The van der Waals surface area contributed by atoms with E-state index in [1.54, 1.807) is 6.33 Å². The zero-order valence-corrected chi connectivity index (χ0v) is 12.1. The lowest BCUT2D eigenvalue weighted by atomic mass is 10.2. The van der Waals surface area contributed by atoms with Crippen molar-refractivity contribution in [3.05, 3.63) is 30.6 Å². The third-order valence-corrected chi connectivity index (χ3v) is 3.41. The number of benzene rings is 1. The van der Waals surface area contributed by atoms with E-state index in [2.05, 4.69) is 34.0 Å². The zero-order valence-electron chi connectivity index (χ0n) is 12.1. The lowest BCUT2D eigenvalue weighted by molar-refractivity contribution is 0.128. The minimum Gasteiger partial charge on any atom is -0.390 e. The summed E-state index contributed by atoms with van der Waals surface area (Å²) in [6, 6.07) is 7.85. The summed E-state index contributed by atoms with van der Waals surface area (Å²) in [5.41, 5.74) is 0.906. The van der Waals surface area contributed by atoms with Gasteiger partial charge in [0.15, 0.2) is 0 Å². The number of nitrogens with zero attached hydrogens (tertiary/aromatic N) is 3. The molecule has 1 heterocycles. The van der Waals surface area contributed by atoms with E-state index in [-0.39, 0.29) is 0 Å². The molecule has 0 spiro atoms. The highest BCUT2D eigenvalue weighted by Crippen LogP contribution is 2.18. The van der Waals surface area contributed by atoms with Crippen LogP contribution >= 0.6 is 0 Å². The van der Waals surface area contributed by atoms with E-state index >= 15 is 0 Å². The van der Waals surface area contributed by atoms with Gasteiger partial charge in [0.25, 0.3) is 0 Å². The summed E-state index contributed by atoms with van der Waals surface area (Å²) in [6.45, 7) is 7.25. The van der Waals surface area contributed by atoms with Crippen molar-refractivity contribution in [1.29, 1.82) is 0 Å². The van der Waals surface area contributed by atoms with E-state index in [4.69, 9.17) is 0 Å². The van der Waals surface area contributed by atoms with Crippen LogP contribution < -0.4 is 5.32 Å². The number of likely N-dealkylation sites (N-methyl/N-ethyl adjacent to an activating group) is 1. The van der Waals surface area contributed by atoms with Crippen LogP contribution in [0.1, 0.15) is 13.8 Å². The number of hydrogen-bond donors (Lipinski definition) is 2. The van der Waals surface area contributed by atoms with Crippen LogP contribution in [0.4, 0.5) is 5.82 Å². The van der Waals surface area contributed by atoms with E-state index < -0.39 is 6.10 Å². The second-order valence-electron chi connectivity index (χ2n) is 4.76. The molecule has 1 atom stereocenters. The highest BCUT2D eigenvalue weighted by molar-refractivity contribution is 5.88. The Morgan fingerprint density at radius 2 is 1.95 bits per heavy atom. The van der Waals surface area contributed by atoms with Gasteiger partial charge in [0.1, 0.15) is 12.1 Å². The molecule has 0 aliphatic carbocycles. The molecular weight excluding hydrogens is 252 g/mol. The number of aliphatic hydroxyl groups is 1. The number of anilines is 1. The van der Waals surface area contributed by atoms with Crippen LogP contribution in [-0.4, -0.2) is 52.3 Å². The SMILES string of the molecule is CCN(CC)CC(O)CNc1ncnc2ccccc12. The van der Waals surface area contributed by atoms with Crippen molar-refractivity contribution < 1.29 is 5.11 Å². The quantitative estimate of drug-likeness (QED) is 0.805. The highest BCUT2D eigenvalue weighted by atomic mass is 16.3. The normalized spacial score (nSPS) is 12.8. The Balaban J connectivity index is 1.99. The van der Waals surface area contributed by atoms with Gasteiger partial charge in [0, 0.05) is 18.5 Å². The Hall–Kier alpha value is -1.72. The smallest absolute Gasteiger partial charge is 0.137 e. The molecule has 2 aromatic rings. The highest BCUT2D eigenvalue weighted by Gasteiger charge is 2.10. The first-order valence-corrected chi connectivity index (χ1v) is 7.08. The molecule has 0 bridgehead atoms. The van der Waals surface area contributed by atoms with Gasteiger partial charge in [-0.05, 0) is 25.2 Å². The van der Waals surface area contributed by atoms with Crippen LogP contribution in [-0.2, 0) is 0 Å². The van der Waals surface area contributed by atoms with E-state index in [9.17, 15) is 5.11 Å². The minimum atomic E-state index is -0.413. The summed E-state index contributed by atoms with van der Waals surface area (Å²) in [6.07, 6.45) is 1.13. The first-order valence-electron chi connectivity index (χ1n) is 7.08. The molecule has 1 aromatic carbocycles. The van der Waals surface area contributed by atoms with E-state index in [1.165, 1.54) is 0 Å². The Morgan fingerprint density at radius 3 is 2.70 bits per heavy atom. The fourth-order valence-electron chi connectivity index (χ4n) is 2.20.